The van der Waals surface area contributed by atoms with Gasteiger partial charge in [-0.2, -0.15) is 0 Å². The Labute approximate surface area is 92.6 Å². The van der Waals surface area contributed by atoms with Crippen molar-refractivity contribution < 1.29 is 4.39 Å². The van der Waals surface area contributed by atoms with Gasteiger partial charge < -0.3 is 5.73 Å². The summed E-state index contributed by atoms with van der Waals surface area (Å²) in [7, 11) is 0. The summed E-state index contributed by atoms with van der Waals surface area (Å²) in [5.74, 6) is 0.251. The topological polar surface area (TPSA) is 26.0 Å². The third-order valence-electron chi connectivity index (χ3n) is 2.09. The fourth-order valence-corrected chi connectivity index (χ4v) is 1.77. The van der Waals surface area contributed by atoms with Crippen molar-refractivity contribution in [1.29, 1.82) is 0 Å². The molecule has 3 heteroatoms. The number of halogens is 2. The highest BCUT2D eigenvalue weighted by molar-refractivity contribution is 9.10. The average molecular weight is 260 g/mol. The fourth-order valence-electron chi connectivity index (χ4n) is 1.44. The maximum absolute atomic E-state index is 13.4. The van der Waals surface area contributed by atoms with E-state index >= 15 is 0 Å². The third-order valence-corrected chi connectivity index (χ3v) is 2.58. The predicted molar refractivity (Wildman–Crippen MR) is 60.5 cm³/mol. The first-order chi connectivity index (χ1) is 6.50. The molecule has 2 N–H and O–H groups in total. The summed E-state index contributed by atoms with van der Waals surface area (Å²) in [5.41, 5.74) is 6.49. The van der Waals surface area contributed by atoms with Crippen LogP contribution in [0.5, 0.6) is 0 Å². The lowest BCUT2D eigenvalue weighted by atomic mass is 9.97. The molecule has 0 saturated heterocycles. The van der Waals surface area contributed by atoms with E-state index in [0.29, 0.717) is 11.5 Å². The van der Waals surface area contributed by atoms with Crippen LogP contribution in [0.15, 0.2) is 22.7 Å². The Morgan fingerprint density at radius 1 is 1.43 bits per heavy atom. The molecule has 0 aliphatic rings. The molecule has 1 atom stereocenters. The maximum atomic E-state index is 13.4. The lowest BCUT2D eigenvalue weighted by Gasteiger charge is -2.15. The zero-order valence-electron chi connectivity index (χ0n) is 8.43. The van der Waals surface area contributed by atoms with Gasteiger partial charge in [0.1, 0.15) is 5.82 Å². The van der Waals surface area contributed by atoms with E-state index < -0.39 is 0 Å². The SMILES string of the molecule is CC(C)C[C@@H](N)c1ccc(Br)cc1F. The van der Waals surface area contributed by atoms with Crippen LogP contribution in [0.1, 0.15) is 31.9 Å². The van der Waals surface area contributed by atoms with Crippen molar-refractivity contribution in [3.05, 3.63) is 34.1 Å². The molecule has 0 heterocycles. The Morgan fingerprint density at radius 3 is 2.57 bits per heavy atom. The number of benzene rings is 1. The highest BCUT2D eigenvalue weighted by Gasteiger charge is 2.12. The van der Waals surface area contributed by atoms with E-state index in [4.69, 9.17) is 5.73 Å². The molecule has 0 unspecified atom stereocenters. The van der Waals surface area contributed by atoms with Gasteiger partial charge in [-0.25, -0.2) is 4.39 Å². The zero-order valence-corrected chi connectivity index (χ0v) is 10.0. The van der Waals surface area contributed by atoms with Crippen molar-refractivity contribution in [2.45, 2.75) is 26.3 Å². The maximum Gasteiger partial charge on any atom is 0.129 e. The average Bonchev–Trinajstić information content (AvgIpc) is 2.01. The predicted octanol–water partition coefficient (Wildman–Crippen LogP) is 3.63. The second kappa shape index (κ2) is 4.89. The molecule has 0 aromatic heterocycles. The van der Waals surface area contributed by atoms with Crippen LogP contribution >= 0.6 is 15.9 Å². The summed E-state index contributed by atoms with van der Waals surface area (Å²) >= 11 is 3.22. The van der Waals surface area contributed by atoms with Crippen molar-refractivity contribution in [3.8, 4) is 0 Å². The summed E-state index contributed by atoms with van der Waals surface area (Å²) in [6.45, 7) is 4.16. The Hall–Kier alpha value is -0.410. The molecule has 1 nitrogen and oxygen atoms in total. The standard InChI is InChI=1S/C11H15BrFN/c1-7(2)5-11(14)9-4-3-8(12)6-10(9)13/h3-4,6-7,11H,5,14H2,1-2H3/t11-/m1/s1. The highest BCUT2D eigenvalue weighted by atomic mass is 79.9. The van der Waals surface area contributed by atoms with E-state index in [0.717, 1.165) is 10.9 Å². The van der Waals surface area contributed by atoms with E-state index in [1.807, 2.05) is 6.07 Å². The summed E-state index contributed by atoms with van der Waals surface area (Å²) < 4.78 is 14.2. The van der Waals surface area contributed by atoms with Gasteiger partial charge in [0.15, 0.2) is 0 Å². The Bertz CT molecular complexity index is 312. The smallest absolute Gasteiger partial charge is 0.129 e. The molecule has 0 saturated carbocycles. The van der Waals surface area contributed by atoms with Gasteiger partial charge in [-0.05, 0) is 24.5 Å². The molecule has 0 aliphatic carbocycles. The van der Waals surface area contributed by atoms with Crippen molar-refractivity contribution in [3.63, 3.8) is 0 Å². The van der Waals surface area contributed by atoms with E-state index in [2.05, 4.69) is 29.8 Å². The quantitative estimate of drug-likeness (QED) is 0.882. The molecule has 1 aromatic rings. The van der Waals surface area contributed by atoms with Gasteiger partial charge in [-0.15, -0.1) is 0 Å². The van der Waals surface area contributed by atoms with E-state index in [1.54, 1.807) is 6.07 Å². The van der Waals surface area contributed by atoms with Gasteiger partial charge in [0.2, 0.25) is 0 Å². The molecule has 1 rings (SSSR count). The van der Waals surface area contributed by atoms with Crippen LogP contribution in [0, 0.1) is 11.7 Å². The second-order valence-corrected chi connectivity index (χ2v) is 4.82. The highest BCUT2D eigenvalue weighted by Crippen LogP contribution is 2.23. The normalized spacial score (nSPS) is 13.3. The van der Waals surface area contributed by atoms with Crippen molar-refractivity contribution in [1.82, 2.24) is 0 Å². The van der Waals surface area contributed by atoms with Crippen LogP contribution in [-0.2, 0) is 0 Å². The summed E-state index contributed by atoms with van der Waals surface area (Å²) in [6, 6.07) is 4.81. The van der Waals surface area contributed by atoms with Gasteiger partial charge in [0, 0.05) is 16.1 Å². The molecule has 0 radical (unpaired) electrons. The minimum atomic E-state index is -0.229. The minimum absolute atomic E-state index is 0.205. The first-order valence-electron chi connectivity index (χ1n) is 4.71. The molecule has 0 spiro atoms. The van der Waals surface area contributed by atoms with Gasteiger partial charge >= 0.3 is 0 Å². The molecule has 0 bridgehead atoms. The molecule has 78 valence electrons. The number of hydrogen-bond acceptors (Lipinski definition) is 1. The largest absolute Gasteiger partial charge is 0.324 e. The first-order valence-corrected chi connectivity index (χ1v) is 5.50. The summed E-state index contributed by atoms with van der Waals surface area (Å²) in [5, 5.41) is 0. The third kappa shape index (κ3) is 3.07. The first kappa shape index (κ1) is 11.7. The van der Waals surface area contributed by atoms with Crippen LogP contribution in [0.2, 0.25) is 0 Å². The van der Waals surface area contributed by atoms with Crippen molar-refractivity contribution >= 4 is 15.9 Å². The molecular formula is C11H15BrFN. The Balaban J connectivity index is 2.84. The fraction of sp³-hybridized carbons (Fsp3) is 0.455. The van der Waals surface area contributed by atoms with E-state index in [9.17, 15) is 4.39 Å². The zero-order chi connectivity index (χ0) is 10.7. The number of hydrogen-bond donors (Lipinski definition) is 1. The van der Waals surface area contributed by atoms with Crippen molar-refractivity contribution in [2.75, 3.05) is 0 Å². The molecule has 0 aliphatic heterocycles. The monoisotopic (exact) mass is 259 g/mol. The second-order valence-electron chi connectivity index (χ2n) is 3.90. The van der Waals surface area contributed by atoms with Gasteiger partial charge in [-0.1, -0.05) is 35.8 Å². The van der Waals surface area contributed by atoms with E-state index in [1.165, 1.54) is 6.07 Å². The molecular weight excluding hydrogens is 245 g/mol. The Morgan fingerprint density at radius 2 is 2.07 bits per heavy atom. The van der Waals surface area contributed by atoms with Crippen LogP contribution in [0.4, 0.5) is 4.39 Å². The van der Waals surface area contributed by atoms with E-state index in [-0.39, 0.29) is 11.9 Å². The van der Waals surface area contributed by atoms with Crippen LogP contribution in [0.25, 0.3) is 0 Å². The molecule has 14 heavy (non-hydrogen) atoms. The van der Waals surface area contributed by atoms with Gasteiger partial charge in [-0.3, -0.25) is 0 Å². The summed E-state index contributed by atoms with van der Waals surface area (Å²) in [6.07, 6.45) is 0.804. The molecule has 0 fully saturated rings. The van der Waals surface area contributed by atoms with Gasteiger partial charge in [0.25, 0.3) is 0 Å². The van der Waals surface area contributed by atoms with Crippen LogP contribution in [-0.4, -0.2) is 0 Å². The van der Waals surface area contributed by atoms with Crippen LogP contribution < -0.4 is 5.73 Å². The Kier molecular flexibility index (Phi) is 4.08. The number of rotatable bonds is 3. The summed E-state index contributed by atoms with van der Waals surface area (Å²) in [4.78, 5) is 0. The van der Waals surface area contributed by atoms with Gasteiger partial charge in [0.05, 0.1) is 0 Å². The number of nitrogens with two attached hydrogens (primary N) is 1. The van der Waals surface area contributed by atoms with Crippen molar-refractivity contribution in [2.24, 2.45) is 11.7 Å². The minimum Gasteiger partial charge on any atom is -0.324 e. The lowest BCUT2D eigenvalue weighted by Crippen LogP contribution is -2.14. The molecule has 1 aromatic carbocycles. The molecule has 0 amide bonds. The van der Waals surface area contributed by atoms with Crippen LogP contribution in [0.3, 0.4) is 0 Å². The lowest BCUT2D eigenvalue weighted by molar-refractivity contribution is 0.489.